The maximum absolute atomic E-state index is 4.93. The average Bonchev–Trinajstić information content (AvgIpc) is 2.80. The van der Waals surface area contributed by atoms with E-state index in [1.807, 2.05) is 6.07 Å². The van der Waals surface area contributed by atoms with Gasteiger partial charge in [-0.2, -0.15) is 0 Å². The van der Waals surface area contributed by atoms with Gasteiger partial charge in [-0.15, -0.1) is 0 Å². The first-order valence-electron chi connectivity index (χ1n) is 9.87. The molecule has 0 amide bonds. The second kappa shape index (κ2) is 8.10. The predicted molar refractivity (Wildman–Crippen MR) is 126 cm³/mol. The summed E-state index contributed by atoms with van der Waals surface area (Å²) in [6.07, 6.45) is 1.16. The quantitative estimate of drug-likeness (QED) is 0.432. The molecule has 0 saturated carbocycles. The van der Waals surface area contributed by atoms with Crippen LogP contribution in [0.15, 0.2) is 89.9 Å². The van der Waals surface area contributed by atoms with Gasteiger partial charge in [0.15, 0.2) is 5.17 Å². The van der Waals surface area contributed by atoms with Crippen molar-refractivity contribution in [2.75, 3.05) is 17.6 Å². The Balaban J connectivity index is 1.52. The molecule has 5 rings (SSSR count). The fraction of sp³-hybridized carbons (Fsp3) is 0.120. The van der Waals surface area contributed by atoms with Crippen LogP contribution >= 0.6 is 11.8 Å². The van der Waals surface area contributed by atoms with E-state index >= 15 is 0 Å². The second-order valence-electron chi connectivity index (χ2n) is 7.03. The number of para-hydroxylation sites is 1. The summed E-state index contributed by atoms with van der Waals surface area (Å²) >= 11 is 1.79. The van der Waals surface area contributed by atoms with Gasteiger partial charge in [0.2, 0.25) is 0 Å². The summed E-state index contributed by atoms with van der Waals surface area (Å²) in [6, 6.07) is 29.5. The van der Waals surface area contributed by atoms with Gasteiger partial charge >= 0.3 is 0 Å². The molecule has 0 unspecified atom stereocenters. The van der Waals surface area contributed by atoms with Crippen LogP contribution in [0.3, 0.4) is 0 Å². The van der Waals surface area contributed by atoms with E-state index in [0.717, 1.165) is 46.3 Å². The molecule has 1 aliphatic heterocycles. The van der Waals surface area contributed by atoms with Crippen LogP contribution in [0.2, 0.25) is 0 Å². The van der Waals surface area contributed by atoms with Crippen LogP contribution in [0.1, 0.15) is 6.42 Å². The molecule has 0 bridgehead atoms. The van der Waals surface area contributed by atoms with Gasteiger partial charge in [0.25, 0.3) is 0 Å². The van der Waals surface area contributed by atoms with E-state index in [2.05, 4.69) is 89.2 Å². The lowest BCUT2D eigenvalue weighted by Crippen LogP contribution is -2.13. The van der Waals surface area contributed by atoms with Crippen molar-refractivity contribution in [3.63, 3.8) is 0 Å². The SMILES string of the molecule is c1ccc(-c2cc(-c3ccc(NC4=NCCCS4)cc3)nc3ccccc23)cc1. The van der Waals surface area contributed by atoms with Gasteiger partial charge < -0.3 is 5.32 Å². The van der Waals surface area contributed by atoms with Gasteiger partial charge in [-0.05, 0) is 41.8 Å². The molecule has 0 atom stereocenters. The summed E-state index contributed by atoms with van der Waals surface area (Å²) in [5.41, 5.74) is 6.58. The fourth-order valence-corrected chi connectivity index (χ4v) is 4.40. The van der Waals surface area contributed by atoms with E-state index in [-0.39, 0.29) is 0 Å². The lowest BCUT2D eigenvalue weighted by molar-refractivity contribution is 0.938. The molecule has 142 valence electrons. The molecular formula is C25H21N3S. The molecule has 1 aromatic heterocycles. The Morgan fingerprint density at radius 3 is 2.38 bits per heavy atom. The summed E-state index contributed by atoms with van der Waals surface area (Å²) in [6.45, 7) is 0.913. The second-order valence-corrected chi connectivity index (χ2v) is 8.11. The number of nitrogens with zero attached hydrogens (tertiary/aromatic N) is 2. The number of rotatable bonds is 3. The first-order chi connectivity index (χ1) is 14.4. The van der Waals surface area contributed by atoms with E-state index in [0.29, 0.717) is 0 Å². The van der Waals surface area contributed by atoms with Gasteiger partial charge in [0.1, 0.15) is 0 Å². The van der Waals surface area contributed by atoms with Crippen molar-refractivity contribution in [2.24, 2.45) is 4.99 Å². The van der Waals surface area contributed by atoms with Crippen LogP contribution in [0.25, 0.3) is 33.3 Å². The van der Waals surface area contributed by atoms with Crippen molar-refractivity contribution in [1.82, 2.24) is 4.98 Å². The maximum atomic E-state index is 4.93. The number of benzene rings is 3. The van der Waals surface area contributed by atoms with Gasteiger partial charge in [0.05, 0.1) is 11.2 Å². The third-order valence-corrected chi connectivity index (χ3v) is 6.03. The van der Waals surface area contributed by atoms with Crippen LogP contribution in [0, 0.1) is 0 Å². The molecule has 3 aromatic carbocycles. The monoisotopic (exact) mass is 395 g/mol. The number of anilines is 1. The van der Waals surface area contributed by atoms with E-state index in [9.17, 15) is 0 Å². The van der Waals surface area contributed by atoms with E-state index < -0.39 is 0 Å². The zero-order chi connectivity index (χ0) is 19.5. The minimum Gasteiger partial charge on any atom is -0.335 e. The van der Waals surface area contributed by atoms with Crippen molar-refractivity contribution in [1.29, 1.82) is 0 Å². The minimum atomic E-state index is 0.913. The summed E-state index contributed by atoms with van der Waals surface area (Å²) in [4.78, 5) is 9.47. The summed E-state index contributed by atoms with van der Waals surface area (Å²) in [5.74, 6) is 1.13. The number of aromatic nitrogens is 1. The topological polar surface area (TPSA) is 37.3 Å². The van der Waals surface area contributed by atoms with Crippen LogP contribution in [0.4, 0.5) is 5.69 Å². The van der Waals surface area contributed by atoms with Crippen LogP contribution < -0.4 is 5.32 Å². The number of hydrogen-bond acceptors (Lipinski definition) is 4. The Hall–Kier alpha value is -3.11. The largest absolute Gasteiger partial charge is 0.335 e. The van der Waals surface area contributed by atoms with E-state index in [1.165, 1.54) is 16.5 Å². The zero-order valence-electron chi connectivity index (χ0n) is 16.0. The Kier molecular flexibility index (Phi) is 5.01. The zero-order valence-corrected chi connectivity index (χ0v) is 16.8. The lowest BCUT2D eigenvalue weighted by Gasteiger charge is -2.14. The molecule has 4 aromatic rings. The third kappa shape index (κ3) is 3.89. The predicted octanol–water partition coefficient (Wildman–Crippen LogP) is 6.47. The highest BCUT2D eigenvalue weighted by Gasteiger charge is 2.10. The molecule has 2 heterocycles. The van der Waals surface area contributed by atoms with Crippen LogP contribution in [-0.2, 0) is 0 Å². The number of hydrogen-bond donors (Lipinski definition) is 1. The van der Waals surface area contributed by atoms with Gasteiger partial charge in [-0.3, -0.25) is 4.99 Å². The van der Waals surface area contributed by atoms with Crippen molar-refractivity contribution < 1.29 is 0 Å². The fourth-order valence-electron chi connectivity index (χ4n) is 3.56. The summed E-state index contributed by atoms with van der Waals surface area (Å²) < 4.78 is 0. The van der Waals surface area contributed by atoms with E-state index in [1.54, 1.807) is 11.8 Å². The summed E-state index contributed by atoms with van der Waals surface area (Å²) in [5, 5.41) is 5.61. The maximum Gasteiger partial charge on any atom is 0.161 e. The molecule has 0 fully saturated rings. The molecule has 29 heavy (non-hydrogen) atoms. The summed E-state index contributed by atoms with van der Waals surface area (Å²) in [7, 11) is 0. The van der Waals surface area contributed by atoms with Gasteiger partial charge in [0, 0.05) is 28.9 Å². The van der Waals surface area contributed by atoms with Crippen molar-refractivity contribution >= 4 is 33.5 Å². The number of thioether (sulfide) groups is 1. The molecule has 3 nitrogen and oxygen atoms in total. The van der Waals surface area contributed by atoms with Crippen LogP contribution in [0.5, 0.6) is 0 Å². The smallest absolute Gasteiger partial charge is 0.161 e. The molecule has 0 spiro atoms. The minimum absolute atomic E-state index is 0.913. The molecule has 1 aliphatic rings. The number of pyridine rings is 1. The first kappa shape index (κ1) is 18.0. The third-order valence-electron chi connectivity index (χ3n) is 5.03. The standard InChI is InChI=1S/C25H21N3S/c1-2-7-18(8-3-1)22-17-24(28-23-10-5-4-9-21(22)23)19-11-13-20(14-12-19)27-25-26-15-6-16-29-25/h1-5,7-14,17H,6,15-16H2,(H,26,27). The molecule has 0 radical (unpaired) electrons. The Morgan fingerprint density at radius 2 is 1.59 bits per heavy atom. The lowest BCUT2D eigenvalue weighted by atomic mass is 9.98. The Labute approximate surface area is 174 Å². The molecule has 4 heteroatoms. The van der Waals surface area contributed by atoms with Crippen molar-refractivity contribution in [3.8, 4) is 22.4 Å². The highest BCUT2D eigenvalue weighted by atomic mass is 32.2. The first-order valence-corrected chi connectivity index (χ1v) is 10.9. The van der Waals surface area contributed by atoms with Crippen molar-refractivity contribution in [2.45, 2.75) is 6.42 Å². The Morgan fingerprint density at radius 1 is 0.793 bits per heavy atom. The highest BCUT2D eigenvalue weighted by Crippen LogP contribution is 2.32. The number of fused-ring (bicyclic) bond motifs is 1. The van der Waals surface area contributed by atoms with E-state index in [4.69, 9.17) is 4.98 Å². The average molecular weight is 396 g/mol. The molecule has 1 N–H and O–H groups in total. The highest BCUT2D eigenvalue weighted by molar-refractivity contribution is 8.14. The van der Waals surface area contributed by atoms with Crippen molar-refractivity contribution in [3.05, 3.63) is 84.9 Å². The number of amidine groups is 1. The molecule has 0 aliphatic carbocycles. The van der Waals surface area contributed by atoms with Gasteiger partial charge in [-0.1, -0.05) is 72.4 Å². The number of aliphatic imine (C=N–C) groups is 1. The molecule has 0 saturated heterocycles. The Bertz CT molecular complexity index is 1170. The molecular weight excluding hydrogens is 374 g/mol. The normalized spacial score (nSPS) is 13.9. The number of nitrogens with one attached hydrogen (secondary N) is 1. The van der Waals surface area contributed by atoms with Gasteiger partial charge in [-0.25, -0.2) is 4.98 Å². The van der Waals surface area contributed by atoms with Crippen LogP contribution in [-0.4, -0.2) is 22.4 Å².